The highest BCUT2D eigenvalue weighted by molar-refractivity contribution is 5.82. The Balaban J connectivity index is 1.91. The predicted molar refractivity (Wildman–Crippen MR) is 61.6 cm³/mol. The second-order valence-electron chi connectivity index (χ2n) is 4.78. The van der Waals surface area contributed by atoms with Gasteiger partial charge in [0, 0.05) is 18.7 Å². The molecule has 16 heavy (non-hydrogen) atoms. The molecule has 1 aromatic carbocycles. The Morgan fingerprint density at radius 3 is 2.81 bits per heavy atom. The van der Waals surface area contributed by atoms with E-state index in [0.29, 0.717) is 12.3 Å². The van der Waals surface area contributed by atoms with Gasteiger partial charge in [0.15, 0.2) is 0 Å². The Morgan fingerprint density at radius 2 is 2.12 bits per heavy atom. The standard InChI is InChI=1S/C13H15NO2/c15-13(16)12-7-10-3-1-2-4-11(10)14(12)8-9-5-6-9/h1-4,9,12H,5-8H2,(H,15,16). The first kappa shape index (κ1) is 9.70. The molecular formula is C13H15NO2. The number of carboxylic acid groups (broad SMARTS) is 1. The summed E-state index contributed by atoms with van der Waals surface area (Å²) in [6, 6.07) is 7.71. The predicted octanol–water partition coefficient (Wildman–Crippen LogP) is 1.91. The van der Waals surface area contributed by atoms with Crippen molar-refractivity contribution >= 4 is 11.7 Å². The highest BCUT2D eigenvalue weighted by Gasteiger charge is 2.37. The summed E-state index contributed by atoms with van der Waals surface area (Å²) in [7, 11) is 0. The quantitative estimate of drug-likeness (QED) is 0.840. The molecule has 0 spiro atoms. The molecule has 1 heterocycles. The van der Waals surface area contributed by atoms with Gasteiger partial charge in [-0.15, -0.1) is 0 Å². The zero-order chi connectivity index (χ0) is 11.1. The van der Waals surface area contributed by atoms with Crippen molar-refractivity contribution in [1.29, 1.82) is 0 Å². The van der Waals surface area contributed by atoms with E-state index in [0.717, 1.165) is 12.2 Å². The number of para-hydroxylation sites is 1. The van der Waals surface area contributed by atoms with Gasteiger partial charge in [-0.1, -0.05) is 18.2 Å². The molecule has 3 nitrogen and oxygen atoms in total. The number of anilines is 1. The summed E-state index contributed by atoms with van der Waals surface area (Å²) >= 11 is 0. The Hall–Kier alpha value is -1.51. The van der Waals surface area contributed by atoms with Gasteiger partial charge in [0.1, 0.15) is 6.04 Å². The molecule has 84 valence electrons. The highest BCUT2D eigenvalue weighted by Crippen LogP contribution is 2.37. The summed E-state index contributed by atoms with van der Waals surface area (Å²) in [6.07, 6.45) is 3.16. The average Bonchev–Trinajstić information content (AvgIpc) is 3.00. The molecule has 1 aromatic rings. The number of hydrogen-bond donors (Lipinski definition) is 1. The van der Waals surface area contributed by atoms with Gasteiger partial charge < -0.3 is 10.0 Å². The molecule has 1 atom stereocenters. The minimum absolute atomic E-state index is 0.349. The van der Waals surface area contributed by atoms with E-state index < -0.39 is 5.97 Å². The summed E-state index contributed by atoms with van der Waals surface area (Å²) < 4.78 is 0. The molecule has 1 aliphatic carbocycles. The maximum absolute atomic E-state index is 11.2. The van der Waals surface area contributed by atoms with Crippen molar-refractivity contribution in [3.05, 3.63) is 29.8 Å². The number of rotatable bonds is 3. The van der Waals surface area contributed by atoms with Crippen LogP contribution in [-0.4, -0.2) is 23.7 Å². The fraction of sp³-hybridized carbons (Fsp3) is 0.462. The molecular weight excluding hydrogens is 202 g/mol. The Labute approximate surface area is 94.7 Å². The molecule has 3 heteroatoms. The number of carboxylic acids is 1. The molecule has 0 radical (unpaired) electrons. The minimum Gasteiger partial charge on any atom is -0.480 e. The first-order valence-corrected chi connectivity index (χ1v) is 5.83. The van der Waals surface area contributed by atoms with Gasteiger partial charge in [-0.05, 0) is 30.4 Å². The van der Waals surface area contributed by atoms with Crippen molar-refractivity contribution in [2.24, 2.45) is 5.92 Å². The summed E-state index contributed by atoms with van der Waals surface area (Å²) in [6.45, 7) is 0.911. The van der Waals surface area contributed by atoms with Crippen molar-refractivity contribution in [3.63, 3.8) is 0 Å². The van der Waals surface area contributed by atoms with Crippen LogP contribution in [0.4, 0.5) is 5.69 Å². The van der Waals surface area contributed by atoms with Crippen LogP contribution in [0.15, 0.2) is 24.3 Å². The van der Waals surface area contributed by atoms with Crippen LogP contribution in [0, 0.1) is 5.92 Å². The number of hydrogen-bond acceptors (Lipinski definition) is 2. The molecule has 2 aliphatic rings. The number of nitrogens with zero attached hydrogens (tertiary/aromatic N) is 1. The lowest BCUT2D eigenvalue weighted by Crippen LogP contribution is -2.39. The monoisotopic (exact) mass is 217 g/mol. The molecule has 0 saturated heterocycles. The third kappa shape index (κ3) is 1.56. The second-order valence-corrected chi connectivity index (χ2v) is 4.78. The van der Waals surface area contributed by atoms with Crippen LogP contribution in [0.1, 0.15) is 18.4 Å². The largest absolute Gasteiger partial charge is 0.480 e. The molecule has 0 aromatic heterocycles. The van der Waals surface area contributed by atoms with Crippen LogP contribution < -0.4 is 4.90 Å². The number of benzene rings is 1. The maximum Gasteiger partial charge on any atom is 0.326 e. The fourth-order valence-corrected chi connectivity index (χ4v) is 2.47. The summed E-state index contributed by atoms with van der Waals surface area (Å²) in [5.74, 6) is 0.0184. The average molecular weight is 217 g/mol. The zero-order valence-electron chi connectivity index (χ0n) is 9.10. The first-order chi connectivity index (χ1) is 7.75. The lowest BCUT2D eigenvalue weighted by atomic mass is 10.1. The van der Waals surface area contributed by atoms with E-state index in [2.05, 4.69) is 4.90 Å². The Kier molecular flexibility index (Phi) is 2.13. The van der Waals surface area contributed by atoms with E-state index in [-0.39, 0.29) is 6.04 Å². The van der Waals surface area contributed by atoms with Crippen LogP contribution >= 0.6 is 0 Å². The number of aliphatic carboxylic acids is 1. The summed E-state index contributed by atoms with van der Waals surface area (Å²) in [4.78, 5) is 13.3. The van der Waals surface area contributed by atoms with Crippen molar-refractivity contribution in [1.82, 2.24) is 0 Å². The lowest BCUT2D eigenvalue weighted by molar-refractivity contribution is -0.138. The second kappa shape index (κ2) is 3.51. The molecule has 1 N–H and O–H groups in total. The first-order valence-electron chi connectivity index (χ1n) is 5.83. The van der Waals surface area contributed by atoms with Crippen molar-refractivity contribution in [2.75, 3.05) is 11.4 Å². The van der Waals surface area contributed by atoms with Gasteiger partial charge in [0.25, 0.3) is 0 Å². The van der Waals surface area contributed by atoms with Crippen molar-refractivity contribution in [3.8, 4) is 0 Å². The van der Waals surface area contributed by atoms with E-state index >= 15 is 0 Å². The highest BCUT2D eigenvalue weighted by atomic mass is 16.4. The summed E-state index contributed by atoms with van der Waals surface area (Å²) in [5, 5.41) is 9.25. The number of fused-ring (bicyclic) bond motifs is 1. The maximum atomic E-state index is 11.2. The van der Waals surface area contributed by atoms with Crippen LogP contribution in [0.2, 0.25) is 0 Å². The minimum atomic E-state index is -0.697. The SMILES string of the molecule is O=C(O)C1Cc2ccccc2N1CC1CC1. The summed E-state index contributed by atoms with van der Waals surface area (Å²) in [5.41, 5.74) is 2.30. The van der Waals surface area contributed by atoms with Gasteiger partial charge >= 0.3 is 5.97 Å². The molecule has 3 rings (SSSR count). The van der Waals surface area contributed by atoms with Gasteiger partial charge in [-0.3, -0.25) is 0 Å². The van der Waals surface area contributed by atoms with E-state index in [1.54, 1.807) is 0 Å². The third-order valence-corrected chi connectivity index (χ3v) is 3.53. The van der Waals surface area contributed by atoms with E-state index in [1.807, 2.05) is 24.3 Å². The van der Waals surface area contributed by atoms with Crippen molar-refractivity contribution in [2.45, 2.75) is 25.3 Å². The van der Waals surface area contributed by atoms with Gasteiger partial charge in [-0.2, -0.15) is 0 Å². The third-order valence-electron chi connectivity index (χ3n) is 3.53. The van der Waals surface area contributed by atoms with E-state index in [1.165, 1.54) is 18.4 Å². The Morgan fingerprint density at radius 1 is 1.38 bits per heavy atom. The Bertz CT molecular complexity index is 426. The van der Waals surface area contributed by atoms with Gasteiger partial charge in [0.05, 0.1) is 0 Å². The number of carbonyl (C=O) groups is 1. The van der Waals surface area contributed by atoms with Crippen LogP contribution in [0.3, 0.4) is 0 Å². The van der Waals surface area contributed by atoms with Gasteiger partial charge in [0.2, 0.25) is 0 Å². The molecule has 0 bridgehead atoms. The molecule has 0 amide bonds. The lowest BCUT2D eigenvalue weighted by Gasteiger charge is -2.24. The smallest absolute Gasteiger partial charge is 0.326 e. The van der Waals surface area contributed by atoms with E-state index in [9.17, 15) is 9.90 Å². The molecule has 1 saturated carbocycles. The topological polar surface area (TPSA) is 40.5 Å². The zero-order valence-corrected chi connectivity index (χ0v) is 9.10. The molecule has 1 unspecified atom stereocenters. The van der Waals surface area contributed by atoms with E-state index in [4.69, 9.17) is 0 Å². The van der Waals surface area contributed by atoms with Crippen LogP contribution in [-0.2, 0) is 11.2 Å². The fourth-order valence-electron chi connectivity index (χ4n) is 2.47. The van der Waals surface area contributed by atoms with Gasteiger partial charge in [-0.25, -0.2) is 4.79 Å². The molecule has 1 aliphatic heterocycles. The molecule has 1 fully saturated rings. The van der Waals surface area contributed by atoms with Crippen LogP contribution in [0.5, 0.6) is 0 Å². The normalized spacial score (nSPS) is 23.2. The van der Waals surface area contributed by atoms with Crippen LogP contribution in [0.25, 0.3) is 0 Å². The van der Waals surface area contributed by atoms with Crippen molar-refractivity contribution < 1.29 is 9.90 Å².